The minimum atomic E-state index is 0.772. The van der Waals surface area contributed by atoms with Gasteiger partial charge < -0.3 is 5.32 Å². The fraction of sp³-hybridized carbons (Fsp3) is 1.00. The van der Waals surface area contributed by atoms with Gasteiger partial charge in [-0.2, -0.15) is 0 Å². The average Bonchev–Trinajstić information content (AvgIpc) is 2.43. The van der Waals surface area contributed by atoms with Crippen molar-refractivity contribution in [3.63, 3.8) is 0 Å². The number of nitrogens with one attached hydrogen (secondary N) is 1. The molecule has 0 aliphatic heterocycles. The van der Waals surface area contributed by atoms with Crippen molar-refractivity contribution in [1.82, 2.24) is 5.32 Å². The van der Waals surface area contributed by atoms with Crippen LogP contribution in [0.3, 0.4) is 0 Å². The van der Waals surface area contributed by atoms with E-state index in [1.807, 2.05) is 0 Å². The first kappa shape index (κ1) is 17.0. The number of hydrogen-bond acceptors (Lipinski definition) is 1. The van der Waals surface area contributed by atoms with Crippen molar-refractivity contribution in [2.24, 2.45) is 17.8 Å². The molecule has 1 nitrogen and oxygen atoms in total. The van der Waals surface area contributed by atoms with Crippen molar-refractivity contribution >= 4 is 0 Å². The first-order chi connectivity index (χ1) is 9.21. The molecule has 2 atom stereocenters. The highest BCUT2D eigenvalue weighted by Crippen LogP contribution is 2.35. The maximum Gasteiger partial charge on any atom is 0.00948 e. The van der Waals surface area contributed by atoms with Crippen LogP contribution < -0.4 is 5.32 Å². The summed E-state index contributed by atoms with van der Waals surface area (Å²) in [6.45, 7) is 7.06. The molecule has 1 rings (SSSR count). The molecule has 0 saturated heterocycles. The van der Waals surface area contributed by atoms with E-state index in [0.29, 0.717) is 0 Å². The Labute approximate surface area is 121 Å². The van der Waals surface area contributed by atoms with Crippen LogP contribution in [-0.2, 0) is 0 Å². The lowest BCUT2D eigenvalue weighted by atomic mass is 9.75. The van der Waals surface area contributed by atoms with Gasteiger partial charge in [0, 0.05) is 6.04 Å². The van der Waals surface area contributed by atoms with Crippen LogP contribution in [0, 0.1) is 17.8 Å². The van der Waals surface area contributed by atoms with Gasteiger partial charge in [0.1, 0.15) is 0 Å². The largest absolute Gasteiger partial charge is 0.317 e. The molecule has 19 heavy (non-hydrogen) atoms. The third-order valence-corrected chi connectivity index (χ3v) is 5.23. The molecule has 1 N–H and O–H groups in total. The molecule has 0 amide bonds. The normalized spacial score (nSPS) is 27.2. The van der Waals surface area contributed by atoms with Gasteiger partial charge in [0.2, 0.25) is 0 Å². The molecule has 0 aromatic heterocycles. The van der Waals surface area contributed by atoms with Gasteiger partial charge in [-0.3, -0.25) is 0 Å². The van der Waals surface area contributed by atoms with E-state index in [1.165, 1.54) is 64.2 Å². The molecule has 0 aromatic carbocycles. The summed E-state index contributed by atoms with van der Waals surface area (Å²) in [5, 5.41) is 3.62. The van der Waals surface area contributed by atoms with E-state index < -0.39 is 0 Å². The lowest BCUT2D eigenvalue weighted by Crippen LogP contribution is -2.37. The first-order valence-electron chi connectivity index (χ1n) is 8.88. The van der Waals surface area contributed by atoms with Crippen molar-refractivity contribution in [2.75, 3.05) is 7.05 Å². The van der Waals surface area contributed by atoms with Gasteiger partial charge in [-0.25, -0.2) is 0 Å². The van der Waals surface area contributed by atoms with E-state index in [2.05, 4.69) is 33.1 Å². The summed E-state index contributed by atoms with van der Waals surface area (Å²) < 4.78 is 0. The maximum absolute atomic E-state index is 3.62. The summed E-state index contributed by atoms with van der Waals surface area (Å²) in [7, 11) is 2.17. The molecular formula is C18H37N. The molecule has 1 heteroatoms. The van der Waals surface area contributed by atoms with E-state index in [-0.39, 0.29) is 0 Å². The van der Waals surface area contributed by atoms with Crippen molar-refractivity contribution < 1.29 is 0 Å². The second-order valence-electron chi connectivity index (χ2n) is 6.95. The Morgan fingerprint density at radius 3 is 2.26 bits per heavy atom. The van der Waals surface area contributed by atoms with Gasteiger partial charge >= 0.3 is 0 Å². The average molecular weight is 268 g/mol. The number of unbranched alkanes of at least 4 members (excludes halogenated alkanes) is 1. The van der Waals surface area contributed by atoms with Gasteiger partial charge in [-0.1, -0.05) is 65.7 Å². The molecule has 0 radical (unpaired) electrons. The molecule has 114 valence electrons. The van der Waals surface area contributed by atoms with E-state index in [4.69, 9.17) is 0 Å². The quantitative estimate of drug-likeness (QED) is 0.590. The second kappa shape index (κ2) is 9.80. The highest BCUT2D eigenvalue weighted by Gasteiger charge is 2.27. The van der Waals surface area contributed by atoms with Crippen molar-refractivity contribution in [1.29, 1.82) is 0 Å². The van der Waals surface area contributed by atoms with Crippen LogP contribution in [0.5, 0.6) is 0 Å². The lowest BCUT2D eigenvalue weighted by Gasteiger charge is -2.35. The highest BCUT2D eigenvalue weighted by molar-refractivity contribution is 4.82. The van der Waals surface area contributed by atoms with Crippen LogP contribution in [0.2, 0.25) is 0 Å². The predicted octanol–water partition coefficient (Wildman–Crippen LogP) is 5.40. The van der Waals surface area contributed by atoms with Crippen molar-refractivity contribution in [3.05, 3.63) is 0 Å². The SMILES string of the molecule is CCCCC1CCC(C(CC(C)CCC)NC)CC1. The Hall–Kier alpha value is -0.0400. The zero-order chi connectivity index (χ0) is 14.1. The third kappa shape index (κ3) is 6.29. The summed E-state index contributed by atoms with van der Waals surface area (Å²) in [5.41, 5.74) is 0. The number of hydrogen-bond donors (Lipinski definition) is 1. The molecule has 0 heterocycles. The molecule has 0 aromatic rings. The van der Waals surface area contributed by atoms with Gasteiger partial charge in [0.15, 0.2) is 0 Å². The van der Waals surface area contributed by atoms with E-state index in [0.717, 1.165) is 23.8 Å². The van der Waals surface area contributed by atoms with Gasteiger partial charge in [0.05, 0.1) is 0 Å². The minimum absolute atomic E-state index is 0.772. The third-order valence-electron chi connectivity index (χ3n) is 5.23. The molecule has 2 unspecified atom stereocenters. The fourth-order valence-electron chi connectivity index (χ4n) is 3.96. The van der Waals surface area contributed by atoms with Crippen LogP contribution in [-0.4, -0.2) is 13.1 Å². The van der Waals surface area contributed by atoms with E-state index in [9.17, 15) is 0 Å². The minimum Gasteiger partial charge on any atom is -0.317 e. The highest BCUT2D eigenvalue weighted by atomic mass is 14.9. The molecule has 1 saturated carbocycles. The molecule has 1 aliphatic rings. The zero-order valence-electron chi connectivity index (χ0n) is 13.9. The Bertz CT molecular complexity index is 206. The smallest absolute Gasteiger partial charge is 0.00948 e. The second-order valence-corrected chi connectivity index (χ2v) is 6.95. The Kier molecular flexibility index (Phi) is 8.77. The van der Waals surface area contributed by atoms with Crippen LogP contribution >= 0.6 is 0 Å². The number of rotatable bonds is 9. The summed E-state index contributed by atoms with van der Waals surface area (Å²) >= 11 is 0. The van der Waals surface area contributed by atoms with E-state index in [1.54, 1.807) is 0 Å². The zero-order valence-corrected chi connectivity index (χ0v) is 13.9. The summed E-state index contributed by atoms with van der Waals surface area (Å²) in [5.74, 6) is 2.88. The van der Waals surface area contributed by atoms with Crippen LogP contribution in [0.25, 0.3) is 0 Å². The predicted molar refractivity (Wildman–Crippen MR) is 86.5 cm³/mol. The molecule has 1 aliphatic carbocycles. The van der Waals surface area contributed by atoms with Gasteiger partial charge in [-0.15, -0.1) is 0 Å². The summed E-state index contributed by atoms with van der Waals surface area (Å²) in [4.78, 5) is 0. The Balaban J connectivity index is 2.30. The lowest BCUT2D eigenvalue weighted by molar-refractivity contribution is 0.198. The van der Waals surface area contributed by atoms with Gasteiger partial charge in [-0.05, 0) is 44.1 Å². The van der Waals surface area contributed by atoms with Crippen LogP contribution in [0.4, 0.5) is 0 Å². The Morgan fingerprint density at radius 1 is 1.05 bits per heavy atom. The molecule has 0 bridgehead atoms. The molecular weight excluding hydrogens is 230 g/mol. The van der Waals surface area contributed by atoms with E-state index >= 15 is 0 Å². The van der Waals surface area contributed by atoms with Crippen LogP contribution in [0.1, 0.15) is 85.0 Å². The molecule has 1 fully saturated rings. The van der Waals surface area contributed by atoms with Crippen molar-refractivity contribution in [2.45, 2.75) is 91.0 Å². The van der Waals surface area contributed by atoms with Crippen LogP contribution in [0.15, 0.2) is 0 Å². The monoisotopic (exact) mass is 267 g/mol. The topological polar surface area (TPSA) is 12.0 Å². The van der Waals surface area contributed by atoms with Crippen molar-refractivity contribution in [3.8, 4) is 0 Å². The first-order valence-corrected chi connectivity index (χ1v) is 8.88. The fourth-order valence-corrected chi connectivity index (χ4v) is 3.96. The maximum atomic E-state index is 3.62. The summed E-state index contributed by atoms with van der Waals surface area (Å²) in [6.07, 6.45) is 14.3. The molecule has 0 spiro atoms. The Morgan fingerprint density at radius 2 is 1.74 bits per heavy atom. The van der Waals surface area contributed by atoms with Gasteiger partial charge in [0.25, 0.3) is 0 Å². The standard InChI is InChI=1S/C18H37N/c1-5-7-9-16-10-12-17(13-11-16)18(19-4)14-15(3)8-6-2/h15-19H,5-14H2,1-4H3. The summed E-state index contributed by atoms with van der Waals surface area (Å²) in [6, 6.07) is 0.772.